The molecule has 9 heteroatoms. The molecule has 31 heavy (non-hydrogen) atoms. The average molecular weight is 426 g/mol. The Labute approximate surface area is 179 Å². The summed E-state index contributed by atoms with van der Waals surface area (Å²) in [5.41, 5.74) is 1.43. The van der Waals surface area contributed by atoms with Crippen molar-refractivity contribution in [1.29, 1.82) is 0 Å². The molecule has 0 aliphatic carbocycles. The van der Waals surface area contributed by atoms with E-state index in [0.717, 1.165) is 30.2 Å². The Hall–Kier alpha value is -3.62. The van der Waals surface area contributed by atoms with E-state index in [1.165, 1.54) is 7.11 Å². The molecule has 0 radical (unpaired) electrons. The number of nitrogens with zero attached hydrogens (tertiary/aromatic N) is 2. The zero-order valence-electron chi connectivity index (χ0n) is 17.6. The number of pyridine rings is 1. The molecule has 1 aromatic carbocycles. The molecule has 164 valence electrons. The van der Waals surface area contributed by atoms with Crippen LogP contribution in [0, 0.1) is 0 Å². The van der Waals surface area contributed by atoms with E-state index in [4.69, 9.17) is 9.15 Å². The van der Waals surface area contributed by atoms with Gasteiger partial charge in [0.2, 0.25) is 17.7 Å². The minimum absolute atomic E-state index is 0.00417. The van der Waals surface area contributed by atoms with Gasteiger partial charge in [-0.1, -0.05) is 31.0 Å². The molecule has 3 rings (SSSR count). The fourth-order valence-corrected chi connectivity index (χ4v) is 3.35. The molecule has 0 fully saturated rings. The van der Waals surface area contributed by atoms with E-state index in [1.807, 2.05) is 30.3 Å². The zero-order valence-corrected chi connectivity index (χ0v) is 17.6. The highest BCUT2D eigenvalue weighted by atomic mass is 16.5. The lowest BCUT2D eigenvalue weighted by molar-refractivity contribution is -0.120. The Morgan fingerprint density at radius 2 is 2.03 bits per heavy atom. The summed E-state index contributed by atoms with van der Waals surface area (Å²) in [5, 5.41) is 15.2. The Morgan fingerprint density at radius 1 is 1.23 bits per heavy atom. The first-order chi connectivity index (χ1) is 15.0. The molecule has 2 aromatic heterocycles. The van der Waals surface area contributed by atoms with E-state index in [9.17, 15) is 14.7 Å². The first-order valence-corrected chi connectivity index (χ1v) is 10.1. The number of fused-ring (bicyclic) bond motifs is 1. The van der Waals surface area contributed by atoms with Gasteiger partial charge in [0.15, 0.2) is 5.76 Å². The number of para-hydroxylation sites is 1. The second kappa shape index (κ2) is 10.4. The van der Waals surface area contributed by atoms with Crippen molar-refractivity contribution in [3.63, 3.8) is 0 Å². The number of carbonyl (C=O) groups excluding carboxylic acids is 1. The fourth-order valence-electron chi connectivity index (χ4n) is 3.35. The Balaban J connectivity index is 1.76. The van der Waals surface area contributed by atoms with Crippen LogP contribution in [-0.4, -0.2) is 41.2 Å². The summed E-state index contributed by atoms with van der Waals surface area (Å²) in [6.45, 7) is 0. The van der Waals surface area contributed by atoms with E-state index in [-0.39, 0.29) is 11.8 Å². The number of unbranched alkanes of at least 4 members (excludes halogenated alkanes) is 2. The van der Waals surface area contributed by atoms with Crippen LogP contribution in [0.4, 0.5) is 4.79 Å². The number of ether oxygens (including phenoxy) is 1. The standard InChI is InChI=1S/C22H26N4O5/c1-23-19(27)11-5-3-4-10-17(26-22(28)29)21-24-13-18(31-21)15-12-14-8-6-7-9-16(14)25-20(15)30-2/h6-9,12-13,17,26H,3-5,10-11H2,1-2H3,(H,23,27)(H,28,29). The molecule has 0 spiro atoms. The van der Waals surface area contributed by atoms with E-state index in [2.05, 4.69) is 20.6 Å². The number of methoxy groups -OCH3 is 1. The monoisotopic (exact) mass is 426 g/mol. The number of nitrogens with one attached hydrogen (secondary N) is 2. The summed E-state index contributed by atoms with van der Waals surface area (Å²) in [5.74, 6) is 1.12. The van der Waals surface area contributed by atoms with Crippen LogP contribution >= 0.6 is 0 Å². The summed E-state index contributed by atoms with van der Waals surface area (Å²) in [7, 11) is 3.14. The third-order valence-electron chi connectivity index (χ3n) is 4.94. The van der Waals surface area contributed by atoms with Crippen LogP contribution < -0.4 is 15.4 Å². The van der Waals surface area contributed by atoms with Crippen molar-refractivity contribution in [1.82, 2.24) is 20.6 Å². The Bertz CT molecular complexity index is 1050. The van der Waals surface area contributed by atoms with Gasteiger partial charge in [-0.2, -0.15) is 0 Å². The minimum atomic E-state index is -1.15. The van der Waals surface area contributed by atoms with Crippen molar-refractivity contribution in [2.45, 2.75) is 38.1 Å². The van der Waals surface area contributed by atoms with Gasteiger partial charge in [-0.05, 0) is 25.0 Å². The summed E-state index contributed by atoms with van der Waals surface area (Å²) in [6.07, 6.45) is 3.60. The van der Waals surface area contributed by atoms with Crippen molar-refractivity contribution in [3.8, 4) is 17.2 Å². The first-order valence-electron chi connectivity index (χ1n) is 10.1. The average Bonchev–Trinajstić information content (AvgIpc) is 3.26. The van der Waals surface area contributed by atoms with Gasteiger partial charge >= 0.3 is 6.09 Å². The molecule has 1 atom stereocenters. The molecule has 0 saturated heterocycles. The molecule has 2 heterocycles. The Kier molecular flexibility index (Phi) is 7.42. The number of carboxylic acid groups (broad SMARTS) is 1. The van der Waals surface area contributed by atoms with Crippen LogP contribution in [0.2, 0.25) is 0 Å². The second-order valence-corrected chi connectivity index (χ2v) is 7.08. The van der Waals surface area contributed by atoms with Crippen molar-refractivity contribution >= 4 is 22.9 Å². The summed E-state index contributed by atoms with van der Waals surface area (Å²) >= 11 is 0. The lowest BCUT2D eigenvalue weighted by Gasteiger charge is -2.13. The highest BCUT2D eigenvalue weighted by molar-refractivity contribution is 5.85. The number of carbonyl (C=O) groups is 2. The van der Waals surface area contributed by atoms with Gasteiger partial charge in [0.25, 0.3) is 0 Å². The molecule has 9 nitrogen and oxygen atoms in total. The Morgan fingerprint density at radius 3 is 2.77 bits per heavy atom. The van der Waals surface area contributed by atoms with E-state index in [0.29, 0.717) is 30.0 Å². The first kappa shape index (κ1) is 22.1. The SMILES string of the molecule is CNC(=O)CCCCCC(NC(=O)O)c1ncc(-c2cc3ccccc3nc2OC)o1. The highest BCUT2D eigenvalue weighted by Crippen LogP contribution is 2.33. The van der Waals surface area contributed by atoms with E-state index < -0.39 is 12.1 Å². The van der Waals surface area contributed by atoms with Gasteiger partial charge < -0.3 is 24.9 Å². The molecule has 0 bridgehead atoms. The third kappa shape index (κ3) is 5.71. The van der Waals surface area contributed by atoms with Gasteiger partial charge in [-0.25, -0.2) is 14.8 Å². The molecule has 0 saturated carbocycles. The number of amides is 2. The van der Waals surface area contributed by atoms with Crippen molar-refractivity contribution in [3.05, 3.63) is 42.4 Å². The highest BCUT2D eigenvalue weighted by Gasteiger charge is 2.21. The molecule has 2 amide bonds. The number of benzene rings is 1. The number of hydrogen-bond donors (Lipinski definition) is 3. The van der Waals surface area contributed by atoms with Gasteiger partial charge in [-0.15, -0.1) is 0 Å². The predicted octanol–water partition coefficient (Wildman–Crippen LogP) is 3.90. The number of oxazole rings is 1. The number of hydrogen-bond acceptors (Lipinski definition) is 6. The number of aromatic nitrogens is 2. The zero-order chi connectivity index (χ0) is 22.2. The van der Waals surface area contributed by atoms with Crippen molar-refractivity contribution in [2.24, 2.45) is 0 Å². The third-order valence-corrected chi connectivity index (χ3v) is 4.94. The van der Waals surface area contributed by atoms with Crippen LogP contribution in [-0.2, 0) is 4.79 Å². The predicted molar refractivity (Wildman–Crippen MR) is 115 cm³/mol. The van der Waals surface area contributed by atoms with Crippen molar-refractivity contribution < 1.29 is 23.8 Å². The quantitative estimate of drug-likeness (QED) is 0.420. The van der Waals surface area contributed by atoms with Crippen LogP contribution in [0.3, 0.4) is 0 Å². The lowest BCUT2D eigenvalue weighted by atomic mass is 10.1. The molecule has 1 unspecified atom stereocenters. The molecule has 0 aliphatic heterocycles. The summed E-state index contributed by atoms with van der Waals surface area (Å²) in [6, 6.07) is 8.97. The van der Waals surface area contributed by atoms with E-state index in [1.54, 1.807) is 13.2 Å². The maximum atomic E-state index is 11.3. The van der Waals surface area contributed by atoms with Gasteiger partial charge in [0, 0.05) is 18.9 Å². The largest absolute Gasteiger partial charge is 0.480 e. The van der Waals surface area contributed by atoms with E-state index >= 15 is 0 Å². The smallest absolute Gasteiger partial charge is 0.405 e. The topological polar surface area (TPSA) is 127 Å². The van der Waals surface area contributed by atoms with Crippen LogP contribution in [0.1, 0.15) is 44.0 Å². The van der Waals surface area contributed by atoms with Crippen molar-refractivity contribution in [2.75, 3.05) is 14.2 Å². The van der Waals surface area contributed by atoms with Crippen LogP contribution in [0.25, 0.3) is 22.2 Å². The summed E-state index contributed by atoms with van der Waals surface area (Å²) in [4.78, 5) is 31.4. The van der Waals surface area contributed by atoms with Gasteiger partial charge in [-0.3, -0.25) is 4.79 Å². The normalized spacial score (nSPS) is 11.8. The molecule has 3 aromatic rings. The maximum absolute atomic E-state index is 11.3. The lowest BCUT2D eigenvalue weighted by Crippen LogP contribution is -2.27. The minimum Gasteiger partial charge on any atom is -0.480 e. The second-order valence-electron chi connectivity index (χ2n) is 7.08. The maximum Gasteiger partial charge on any atom is 0.405 e. The number of rotatable bonds is 10. The molecular weight excluding hydrogens is 400 g/mol. The fraction of sp³-hybridized carbons (Fsp3) is 0.364. The van der Waals surface area contributed by atoms with Gasteiger partial charge in [0.05, 0.1) is 24.4 Å². The molecule has 3 N–H and O–H groups in total. The summed E-state index contributed by atoms with van der Waals surface area (Å²) < 4.78 is 11.3. The van der Waals surface area contributed by atoms with Crippen LogP contribution in [0.5, 0.6) is 5.88 Å². The molecular formula is C22H26N4O5. The van der Waals surface area contributed by atoms with Gasteiger partial charge in [0.1, 0.15) is 6.04 Å². The van der Waals surface area contributed by atoms with Crippen LogP contribution in [0.15, 0.2) is 40.9 Å². The molecule has 0 aliphatic rings.